The first-order valence-electron chi connectivity index (χ1n) is 2.40. The van der Waals surface area contributed by atoms with Crippen LogP contribution in [0.1, 0.15) is 13.8 Å². The highest BCUT2D eigenvalue weighted by atomic mass is 35.5. The van der Waals surface area contributed by atoms with Gasteiger partial charge in [0.15, 0.2) is 5.78 Å². The zero-order chi connectivity index (χ0) is 6.57. The van der Waals surface area contributed by atoms with Crippen molar-refractivity contribution in [1.29, 1.82) is 0 Å². The van der Waals surface area contributed by atoms with E-state index < -0.39 is 0 Å². The van der Waals surface area contributed by atoms with Crippen LogP contribution in [0.2, 0.25) is 0 Å². The van der Waals surface area contributed by atoms with E-state index >= 15 is 0 Å². The van der Waals surface area contributed by atoms with Crippen LogP contribution in [0, 0.1) is 0 Å². The summed E-state index contributed by atoms with van der Waals surface area (Å²) in [7, 11) is 0. The van der Waals surface area contributed by atoms with Gasteiger partial charge in [-0.1, -0.05) is 5.57 Å². The molecule has 0 heterocycles. The van der Waals surface area contributed by atoms with Crippen molar-refractivity contribution in [3.8, 4) is 0 Å². The first kappa shape index (κ1) is 7.70. The van der Waals surface area contributed by atoms with E-state index in [1.807, 2.05) is 6.92 Å². The zero-order valence-electron chi connectivity index (χ0n) is 5.07. The number of allylic oxidation sites excluding steroid dienone is 2. The summed E-state index contributed by atoms with van der Waals surface area (Å²) in [6.07, 6.45) is 1.53. The fourth-order valence-electron chi connectivity index (χ4n) is 0.386. The normalized spacial score (nSPS) is 11.6. The molecule has 0 bridgehead atoms. The summed E-state index contributed by atoms with van der Waals surface area (Å²) in [6.45, 7) is 3.34. The number of carbonyl (C=O) groups excluding carboxylic acids is 1. The highest BCUT2D eigenvalue weighted by Gasteiger charge is 1.86. The molecule has 0 saturated heterocycles. The van der Waals surface area contributed by atoms with E-state index in [0.29, 0.717) is 5.88 Å². The Balaban J connectivity index is 3.75. The summed E-state index contributed by atoms with van der Waals surface area (Å²) < 4.78 is 0. The number of hydrogen-bond donors (Lipinski definition) is 0. The Morgan fingerprint density at radius 3 is 2.25 bits per heavy atom. The SMILES string of the molecule is CC(=O)C=C(C)CCl. The summed E-state index contributed by atoms with van der Waals surface area (Å²) in [5.74, 6) is 0.503. The van der Waals surface area contributed by atoms with Gasteiger partial charge < -0.3 is 0 Å². The van der Waals surface area contributed by atoms with Crippen LogP contribution < -0.4 is 0 Å². The van der Waals surface area contributed by atoms with Crippen LogP contribution in [0.4, 0.5) is 0 Å². The van der Waals surface area contributed by atoms with Crippen molar-refractivity contribution in [3.05, 3.63) is 11.6 Å². The van der Waals surface area contributed by atoms with Gasteiger partial charge in [-0.25, -0.2) is 0 Å². The van der Waals surface area contributed by atoms with E-state index in [9.17, 15) is 4.79 Å². The largest absolute Gasteiger partial charge is 0.295 e. The number of alkyl halides is 1. The van der Waals surface area contributed by atoms with Crippen molar-refractivity contribution in [2.45, 2.75) is 13.8 Å². The van der Waals surface area contributed by atoms with Gasteiger partial charge in [0.2, 0.25) is 0 Å². The quantitative estimate of drug-likeness (QED) is 0.413. The van der Waals surface area contributed by atoms with Gasteiger partial charge in [-0.2, -0.15) is 0 Å². The summed E-state index contributed by atoms with van der Waals surface area (Å²) in [5, 5.41) is 0. The standard InChI is InChI=1S/C6H9ClO/c1-5(4-7)3-6(2)8/h3H,4H2,1-2H3. The predicted molar refractivity (Wildman–Crippen MR) is 35.2 cm³/mol. The second-order valence-corrected chi connectivity index (χ2v) is 2.00. The van der Waals surface area contributed by atoms with E-state index in [1.165, 1.54) is 13.0 Å². The molecule has 8 heavy (non-hydrogen) atoms. The van der Waals surface area contributed by atoms with Gasteiger partial charge in [-0.05, 0) is 19.9 Å². The average Bonchev–Trinajstić information content (AvgIpc) is 1.65. The molecule has 0 aliphatic carbocycles. The fourth-order valence-corrected chi connectivity index (χ4v) is 0.463. The Morgan fingerprint density at radius 2 is 2.12 bits per heavy atom. The minimum Gasteiger partial charge on any atom is -0.295 e. The van der Waals surface area contributed by atoms with Crippen molar-refractivity contribution in [3.63, 3.8) is 0 Å². The molecule has 0 radical (unpaired) electrons. The molecule has 0 unspecified atom stereocenters. The molecule has 0 saturated carbocycles. The summed E-state index contributed by atoms with van der Waals surface area (Å²) in [4.78, 5) is 10.3. The van der Waals surface area contributed by atoms with Crippen LogP contribution >= 0.6 is 11.6 Å². The van der Waals surface area contributed by atoms with Crippen molar-refractivity contribution in [1.82, 2.24) is 0 Å². The Hall–Kier alpha value is -0.300. The van der Waals surface area contributed by atoms with Crippen molar-refractivity contribution >= 4 is 17.4 Å². The third-order valence-corrected chi connectivity index (χ3v) is 1.08. The minimum absolute atomic E-state index is 0.0585. The highest BCUT2D eigenvalue weighted by Crippen LogP contribution is 1.94. The topological polar surface area (TPSA) is 17.1 Å². The van der Waals surface area contributed by atoms with Crippen LogP contribution in [-0.4, -0.2) is 11.7 Å². The molecule has 0 aromatic carbocycles. The Bertz CT molecular complexity index is 116. The Morgan fingerprint density at radius 1 is 1.62 bits per heavy atom. The molecule has 0 atom stereocenters. The molecule has 0 fully saturated rings. The number of halogens is 1. The predicted octanol–water partition coefficient (Wildman–Crippen LogP) is 1.76. The number of ketones is 1. The van der Waals surface area contributed by atoms with E-state index in [2.05, 4.69) is 0 Å². The lowest BCUT2D eigenvalue weighted by molar-refractivity contribution is -0.112. The highest BCUT2D eigenvalue weighted by molar-refractivity contribution is 6.19. The van der Waals surface area contributed by atoms with Gasteiger partial charge >= 0.3 is 0 Å². The van der Waals surface area contributed by atoms with Gasteiger partial charge in [-0.15, -0.1) is 11.6 Å². The molecule has 2 heteroatoms. The lowest BCUT2D eigenvalue weighted by Crippen LogP contribution is -1.85. The molecule has 0 spiro atoms. The molecule has 0 aromatic heterocycles. The third kappa shape index (κ3) is 3.88. The zero-order valence-corrected chi connectivity index (χ0v) is 5.83. The van der Waals surface area contributed by atoms with Crippen LogP contribution in [0.15, 0.2) is 11.6 Å². The second kappa shape index (κ2) is 3.67. The van der Waals surface area contributed by atoms with E-state index in [-0.39, 0.29) is 5.78 Å². The van der Waals surface area contributed by atoms with Crippen LogP contribution in [0.5, 0.6) is 0 Å². The molecule has 1 nitrogen and oxygen atoms in total. The van der Waals surface area contributed by atoms with E-state index in [4.69, 9.17) is 11.6 Å². The third-order valence-electron chi connectivity index (χ3n) is 0.660. The van der Waals surface area contributed by atoms with Gasteiger partial charge in [-0.3, -0.25) is 4.79 Å². The molecular formula is C6H9ClO. The first-order valence-corrected chi connectivity index (χ1v) is 2.94. The smallest absolute Gasteiger partial charge is 0.152 e. The number of hydrogen-bond acceptors (Lipinski definition) is 1. The molecule has 0 aromatic rings. The maximum absolute atomic E-state index is 10.3. The molecule has 0 aliphatic rings. The maximum Gasteiger partial charge on any atom is 0.152 e. The molecule has 46 valence electrons. The molecule has 0 aliphatic heterocycles. The Kier molecular flexibility index (Phi) is 3.53. The fraction of sp³-hybridized carbons (Fsp3) is 0.500. The lowest BCUT2D eigenvalue weighted by atomic mass is 10.3. The van der Waals surface area contributed by atoms with Crippen LogP contribution in [0.3, 0.4) is 0 Å². The van der Waals surface area contributed by atoms with E-state index in [1.54, 1.807) is 0 Å². The van der Waals surface area contributed by atoms with Crippen LogP contribution in [0.25, 0.3) is 0 Å². The van der Waals surface area contributed by atoms with Gasteiger partial charge in [0.25, 0.3) is 0 Å². The summed E-state index contributed by atoms with van der Waals surface area (Å²) >= 11 is 5.38. The number of carbonyl (C=O) groups is 1. The molecule has 0 amide bonds. The summed E-state index contributed by atoms with van der Waals surface area (Å²) in [5.41, 5.74) is 0.916. The van der Waals surface area contributed by atoms with Crippen molar-refractivity contribution in [2.75, 3.05) is 5.88 Å². The molecular weight excluding hydrogens is 124 g/mol. The first-order chi connectivity index (χ1) is 3.66. The van der Waals surface area contributed by atoms with E-state index in [0.717, 1.165) is 5.57 Å². The molecule has 0 N–H and O–H groups in total. The van der Waals surface area contributed by atoms with Crippen molar-refractivity contribution < 1.29 is 4.79 Å². The average molecular weight is 133 g/mol. The monoisotopic (exact) mass is 132 g/mol. The minimum atomic E-state index is 0.0585. The number of rotatable bonds is 2. The maximum atomic E-state index is 10.3. The lowest BCUT2D eigenvalue weighted by Gasteiger charge is -1.86. The summed E-state index contributed by atoms with van der Waals surface area (Å²) in [6, 6.07) is 0. The van der Waals surface area contributed by atoms with Crippen LogP contribution in [-0.2, 0) is 4.79 Å². The Labute approximate surface area is 54.3 Å². The van der Waals surface area contributed by atoms with Gasteiger partial charge in [0.05, 0.1) is 0 Å². The van der Waals surface area contributed by atoms with Gasteiger partial charge in [0.1, 0.15) is 0 Å². The van der Waals surface area contributed by atoms with Gasteiger partial charge in [0, 0.05) is 5.88 Å². The van der Waals surface area contributed by atoms with Crippen molar-refractivity contribution in [2.24, 2.45) is 0 Å². The molecule has 0 rings (SSSR count). The second-order valence-electron chi connectivity index (χ2n) is 1.73.